The number of para-hydroxylation sites is 3. The number of benzene rings is 5. The van der Waals surface area contributed by atoms with Crippen LogP contribution in [0.2, 0.25) is 0 Å². The van der Waals surface area contributed by atoms with E-state index in [0.717, 1.165) is 76.0 Å². The van der Waals surface area contributed by atoms with Crippen LogP contribution in [0.15, 0.2) is 134 Å². The maximum absolute atomic E-state index is 15.5. The van der Waals surface area contributed by atoms with Gasteiger partial charge in [-0.1, -0.05) is 66.7 Å². The Labute approximate surface area is 314 Å². The predicted octanol–water partition coefficient (Wildman–Crippen LogP) is 10.5. The molecule has 1 saturated carbocycles. The molecule has 5 aromatic carbocycles. The van der Waals surface area contributed by atoms with Gasteiger partial charge in [-0.25, -0.2) is 0 Å². The van der Waals surface area contributed by atoms with Gasteiger partial charge in [0.05, 0.1) is 34.0 Å². The number of hydrogen-bond acceptors (Lipinski definition) is 4. The summed E-state index contributed by atoms with van der Waals surface area (Å²) in [5, 5.41) is 4.72. The van der Waals surface area contributed by atoms with Crippen LogP contribution in [-0.4, -0.2) is 14.8 Å². The van der Waals surface area contributed by atoms with E-state index in [4.69, 9.17) is 14.8 Å². The second kappa shape index (κ2) is 12.7. The van der Waals surface area contributed by atoms with E-state index >= 15 is 8.78 Å². The number of fused-ring (bicyclic) bond motifs is 7. The number of ether oxygens (including phenoxy) is 1. The summed E-state index contributed by atoms with van der Waals surface area (Å²) in [5.74, 6) is -0.720. The molecule has 3 aliphatic rings. The first-order chi connectivity index (χ1) is 25.1. The Hall–Kier alpha value is -5.39. The smallest absolute Gasteiger partial charge is 0.506 e. The van der Waals surface area contributed by atoms with Crippen LogP contribution in [0.1, 0.15) is 64.7 Å². The van der Waals surface area contributed by atoms with E-state index in [1.54, 1.807) is 12.3 Å². The Morgan fingerprint density at radius 2 is 1.44 bits per heavy atom. The maximum Gasteiger partial charge on any atom is 2.00 e. The standard InChI is InChI=1S/C44H30F2N4O.Pt/c45-36-25-37(46)41(26-40(36)49-27-33-28-20-21-29(23-28)43(33)48-49)51-32-14-10-11-30(24-32)44(42-19-8-9-22-47-42)34-15-4-6-17-38(34)50(31-12-2-1-3-13-31)39-18-7-5-16-35(39)44;/h1-19,22,25,27-29H,20-21,23H2;/q-2;+2/t28-,29+;/m0./s1. The Balaban J connectivity index is 0.00000360. The van der Waals surface area contributed by atoms with Crippen molar-refractivity contribution in [1.82, 2.24) is 14.8 Å². The third kappa shape index (κ3) is 4.90. The molecule has 2 bridgehead atoms. The molecule has 8 heteroatoms. The number of halogens is 2. The van der Waals surface area contributed by atoms with Crippen LogP contribution in [0.25, 0.3) is 5.69 Å². The number of nitrogens with zero attached hydrogens (tertiary/aromatic N) is 4. The second-order valence-electron chi connectivity index (χ2n) is 13.5. The van der Waals surface area contributed by atoms with E-state index in [-0.39, 0.29) is 38.3 Å². The average Bonchev–Trinajstić information content (AvgIpc) is 3.91. The molecule has 0 unspecified atom stereocenters. The van der Waals surface area contributed by atoms with Gasteiger partial charge >= 0.3 is 21.1 Å². The van der Waals surface area contributed by atoms with Crippen LogP contribution in [-0.2, 0) is 26.5 Å². The summed E-state index contributed by atoms with van der Waals surface area (Å²) >= 11 is 0. The fourth-order valence-electron chi connectivity index (χ4n) is 8.60. The molecule has 52 heavy (non-hydrogen) atoms. The van der Waals surface area contributed by atoms with Crippen LogP contribution < -0.4 is 9.64 Å². The first kappa shape index (κ1) is 32.5. The third-order valence-corrected chi connectivity index (χ3v) is 10.7. The zero-order chi connectivity index (χ0) is 34.1. The van der Waals surface area contributed by atoms with E-state index in [1.165, 1.54) is 4.68 Å². The van der Waals surface area contributed by atoms with Crippen molar-refractivity contribution >= 4 is 17.1 Å². The summed E-state index contributed by atoms with van der Waals surface area (Å²) in [6, 6.07) is 45.7. The molecule has 256 valence electrons. The fourth-order valence-corrected chi connectivity index (χ4v) is 8.60. The van der Waals surface area contributed by atoms with Gasteiger partial charge in [0.2, 0.25) is 0 Å². The number of aromatic nitrogens is 3. The van der Waals surface area contributed by atoms with Crippen molar-refractivity contribution in [2.24, 2.45) is 0 Å². The Bertz CT molecular complexity index is 2380. The number of pyridine rings is 1. The minimum Gasteiger partial charge on any atom is -0.506 e. The van der Waals surface area contributed by atoms with Gasteiger partial charge in [0.15, 0.2) is 0 Å². The normalized spacial score (nSPS) is 17.5. The van der Waals surface area contributed by atoms with Crippen molar-refractivity contribution in [1.29, 1.82) is 0 Å². The molecule has 0 amide bonds. The largest absolute Gasteiger partial charge is 2.00 e. The van der Waals surface area contributed by atoms with Crippen molar-refractivity contribution < 1.29 is 34.6 Å². The van der Waals surface area contributed by atoms with Gasteiger partial charge < -0.3 is 9.64 Å². The van der Waals surface area contributed by atoms with Gasteiger partial charge in [-0.05, 0) is 84.0 Å². The van der Waals surface area contributed by atoms with Gasteiger partial charge in [-0.2, -0.15) is 17.2 Å². The average molecular weight is 864 g/mol. The summed E-state index contributed by atoms with van der Waals surface area (Å²) in [5.41, 5.74) is 7.86. The molecule has 0 spiro atoms. The summed E-state index contributed by atoms with van der Waals surface area (Å²) < 4.78 is 38.5. The molecule has 3 heterocycles. The molecule has 7 aromatic rings. The van der Waals surface area contributed by atoms with Crippen molar-refractivity contribution in [2.45, 2.75) is 36.5 Å². The minimum atomic E-state index is -0.926. The van der Waals surface area contributed by atoms with Crippen LogP contribution in [0.3, 0.4) is 0 Å². The van der Waals surface area contributed by atoms with Gasteiger partial charge in [0.1, 0.15) is 0 Å². The van der Waals surface area contributed by atoms with Crippen LogP contribution in [0, 0.1) is 23.8 Å². The second-order valence-corrected chi connectivity index (χ2v) is 13.5. The molecule has 10 rings (SSSR count). The van der Waals surface area contributed by atoms with Crippen molar-refractivity contribution in [3.8, 4) is 17.2 Å². The molecule has 0 saturated heterocycles. The van der Waals surface area contributed by atoms with E-state index in [9.17, 15) is 0 Å². The number of hydrogen-bond donors (Lipinski definition) is 0. The topological polar surface area (TPSA) is 43.2 Å². The quantitative estimate of drug-likeness (QED) is 0.156. The monoisotopic (exact) mass is 863 g/mol. The molecule has 1 fully saturated rings. The van der Waals surface area contributed by atoms with Gasteiger partial charge in [0.25, 0.3) is 0 Å². The molecule has 2 aromatic heterocycles. The zero-order valence-corrected chi connectivity index (χ0v) is 30.0. The Morgan fingerprint density at radius 3 is 2.17 bits per heavy atom. The van der Waals surface area contributed by atoms with Crippen molar-refractivity contribution in [3.63, 3.8) is 0 Å². The van der Waals surface area contributed by atoms with Gasteiger partial charge in [-0.15, -0.1) is 23.8 Å². The maximum atomic E-state index is 15.5. The van der Waals surface area contributed by atoms with E-state index in [2.05, 4.69) is 53.4 Å². The Morgan fingerprint density at radius 1 is 0.731 bits per heavy atom. The third-order valence-electron chi connectivity index (χ3n) is 10.7. The molecule has 5 nitrogen and oxygen atoms in total. The minimum absolute atomic E-state index is 0. The van der Waals surface area contributed by atoms with E-state index in [0.29, 0.717) is 11.8 Å². The fraction of sp³-hybridized carbons (Fsp3) is 0.136. The van der Waals surface area contributed by atoms with Crippen molar-refractivity contribution in [3.05, 3.63) is 191 Å². The van der Waals surface area contributed by atoms with E-state index < -0.39 is 17.0 Å². The first-order valence-corrected chi connectivity index (χ1v) is 17.3. The summed E-state index contributed by atoms with van der Waals surface area (Å²) in [7, 11) is 0. The zero-order valence-electron chi connectivity index (χ0n) is 27.7. The molecule has 2 aliphatic carbocycles. The summed E-state index contributed by atoms with van der Waals surface area (Å²) in [6.07, 6.45) is 7.00. The van der Waals surface area contributed by atoms with Crippen LogP contribution in [0.4, 0.5) is 25.8 Å². The van der Waals surface area contributed by atoms with Crippen LogP contribution in [0.5, 0.6) is 11.5 Å². The van der Waals surface area contributed by atoms with Crippen LogP contribution >= 0.6 is 0 Å². The van der Waals surface area contributed by atoms with Crippen molar-refractivity contribution in [2.75, 3.05) is 4.90 Å². The first-order valence-electron chi connectivity index (χ1n) is 17.3. The summed E-state index contributed by atoms with van der Waals surface area (Å²) in [4.78, 5) is 7.24. The van der Waals surface area contributed by atoms with Gasteiger partial charge in [-0.3, -0.25) is 18.4 Å². The molecule has 0 N–H and O–H groups in total. The summed E-state index contributed by atoms with van der Waals surface area (Å²) in [6.45, 7) is 0. The SMILES string of the molecule is Fc1cc(F)c(-n2cc3c(n2)[C@@H]2CC[C@H]3C2)[c-]c1Oc1[c-]c(C2(c3ccccn3)c3ccccc3N(c3ccccc3)c3ccccc32)ccc1.[Pt+2]. The molecule has 0 radical (unpaired) electrons. The molecular formula is C44H30F2N4OPt. The van der Waals surface area contributed by atoms with Gasteiger partial charge in [0, 0.05) is 41.3 Å². The molecular weight excluding hydrogens is 834 g/mol. The molecule has 1 aliphatic heterocycles. The predicted molar refractivity (Wildman–Crippen MR) is 191 cm³/mol. The molecule has 2 atom stereocenters. The van der Waals surface area contributed by atoms with E-state index in [1.807, 2.05) is 79.0 Å². The number of rotatable bonds is 6. The Kier molecular flexibility index (Phi) is 7.93. The number of anilines is 3.